The molecular weight excluding hydrogens is 265 g/mol. The third kappa shape index (κ3) is 1.52. The molecule has 2 N–H and O–H groups in total. The maximum atomic E-state index is 13.6. The first kappa shape index (κ1) is 10.2. The van der Waals surface area contributed by atoms with Crippen molar-refractivity contribution in [1.29, 1.82) is 0 Å². The van der Waals surface area contributed by atoms with Gasteiger partial charge < -0.3 is 5.73 Å². The Morgan fingerprint density at radius 1 is 1.33 bits per heavy atom. The maximum Gasteiger partial charge on any atom is 0.194 e. The zero-order valence-corrected chi connectivity index (χ0v) is 9.79. The zero-order valence-electron chi connectivity index (χ0n) is 8.20. The molecule has 2 rings (SSSR count). The van der Waals surface area contributed by atoms with E-state index < -0.39 is 5.82 Å². The van der Waals surface area contributed by atoms with Crippen molar-refractivity contribution in [3.8, 4) is 11.4 Å². The highest BCUT2D eigenvalue weighted by molar-refractivity contribution is 9.10. The molecule has 0 unspecified atom stereocenters. The fourth-order valence-corrected chi connectivity index (χ4v) is 1.85. The quantitative estimate of drug-likeness (QED) is 0.852. The van der Waals surface area contributed by atoms with Gasteiger partial charge >= 0.3 is 0 Å². The van der Waals surface area contributed by atoms with Gasteiger partial charge in [-0.2, -0.15) is 10.2 Å². The minimum absolute atomic E-state index is 0.00236. The fourth-order valence-electron chi connectivity index (χ4n) is 1.28. The Morgan fingerprint density at radius 3 is 2.40 bits per heavy atom. The average Bonchev–Trinajstić information content (AvgIpc) is 2.61. The van der Waals surface area contributed by atoms with Crippen molar-refractivity contribution >= 4 is 21.7 Å². The summed E-state index contributed by atoms with van der Waals surface area (Å²) in [5, 5.41) is 8.06. The normalized spacial score (nSPS) is 10.9. The molecule has 0 aliphatic heterocycles. The largest absolute Gasteiger partial charge is 0.381 e. The summed E-state index contributed by atoms with van der Waals surface area (Å²) >= 11 is 3.28. The minimum Gasteiger partial charge on any atom is -0.381 e. The summed E-state index contributed by atoms with van der Waals surface area (Å²) in [7, 11) is 3.33. The molecule has 0 aliphatic carbocycles. The summed E-state index contributed by atoms with van der Waals surface area (Å²) in [5.41, 5.74) is 6.07. The molecule has 0 aromatic carbocycles. The molecule has 0 saturated heterocycles. The van der Waals surface area contributed by atoms with Gasteiger partial charge in [-0.15, -0.1) is 0 Å². The van der Waals surface area contributed by atoms with E-state index in [1.165, 1.54) is 4.68 Å². The highest BCUT2D eigenvalue weighted by atomic mass is 79.9. The van der Waals surface area contributed by atoms with E-state index in [-0.39, 0.29) is 11.5 Å². The van der Waals surface area contributed by atoms with Gasteiger partial charge in [0.2, 0.25) is 0 Å². The van der Waals surface area contributed by atoms with Crippen LogP contribution in [0.15, 0.2) is 10.7 Å². The number of rotatable bonds is 1. The number of aromatic nitrogens is 4. The van der Waals surface area contributed by atoms with Crippen LogP contribution >= 0.6 is 15.9 Å². The van der Waals surface area contributed by atoms with Crippen LogP contribution in [-0.2, 0) is 14.1 Å². The van der Waals surface area contributed by atoms with Crippen molar-refractivity contribution in [2.75, 3.05) is 5.73 Å². The molecule has 7 heteroatoms. The average molecular weight is 274 g/mol. The molecule has 0 spiro atoms. The van der Waals surface area contributed by atoms with Crippen LogP contribution < -0.4 is 5.73 Å². The van der Waals surface area contributed by atoms with Gasteiger partial charge in [-0.3, -0.25) is 4.68 Å². The predicted molar refractivity (Wildman–Crippen MR) is 57.5 cm³/mol. The fraction of sp³-hybridized carbons (Fsp3) is 0.250. The third-order valence-corrected chi connectivity index (χ3v) is 2.62. The lowest BCUT2D eigenvalue weighted by atomic mass is 10.3. The molecule has 0 atom stereocenters. The van der Waals surface area contributed by atoms with Crippen LogP contribution in [0.4, 0.5) is 10.2 Å². The highest BCUT2D eigenvalue weighted by Gasteiger charge is 2.19. The monoisotopic (exact) mass is 273 g/mol. The van der Waals surface area contributed by atoms with Crippen molar-refractivity contribution in [3.63, 3.8) is 0 Å². The Morgan fingerprint density at radius 2 is 2.00 bits per heavy atom. The second kappa shape index (κ2) is 3.34. The van der Waals surface area contributed by atoms with E-state index in [0.717, 1.165) is 0 Å². The molecular formula is C8H9BrFN5. The Labute approximate surface area is 93.8 Å². The van der Waals surface area contributed by atoms with Gasteiger partial charge in [0.1, 0.15) is 5.69 Å². The van der Waals surface area contributed by atoms with E-state index in [0.29, 0.717) is 10.2 Å². The molecule has 0 bridgehead atoms. The summed E-state index contributed by atoms with van der Waals surface area (Å²) in [4.78, 5) is 0. The summed E-state index contributed by atoms with van der Waals surface area (Å²) in [6.45, 7) is 0. The van der Waals surface area contributed by atoms with Crippen LogP contribution in [0.25, 0.3) is 11.4 Å². The van der Waals surface area contributed by atoms with E-state index >= 15 is 0 Å². The van der Waals surface area contributed by atoms with Gasteiger partial charge in [-0.05, 0) is 15.9 Å². The standard InChI is InChI=1S/C8H9BrFN5/c1-14-3-4(9)6(12-14)7-5(10)8(11)15(2)13-7/h3H,11H2,1-2H3. The summed E-state index contributed by atoms with van der Waals surface area (Å²) < 4.78 is 17.2. The predicted octanol–water partition coefficient (Wildman–Crippen LogP) is 1.30. The first-order chi connectivity index (χ1) is 7.00. The molecule has 0 fully saturated rings. The smallest absolute Gasteiger partial charge is 0.194 e. The SMILES string of the molecule is Cn1cc(Br)c(-c2nn(C)c(N)c2F)n1. The Balaban J connectivity index is 2.64. The highest BCUT2D eigenvalue weighted by Crippen LogP contribution is 2.29. The number of hydrogen-bond acceptors (Lipinski definition) is 3. The number of nitrogen functional groups attached to an aromatic ring is 1. The van der Waals surface area contributed by atoms with Crippen LogP contribution in [-0.4, -0.2) is 19.6 Å². The number of anilines is 1. The van der Waals surface area contributed by atoms with Gasteiger partial charge in [0.25, 0.3) is 0 Å². The molecule has 2 aromatic heterocycles. The molecule has 5 nitrogen and oxygen atoms in total. The first-order valence-electron chi connectivity index (χ1n) is 4.18. The molecule has 0 aliphatic rings. The Bertz CT molecular complexity index is 515. The summed E-state index contributed by atoms with van der Waals surface area (Å²) in [5.74, 6) is -0.542. The topological polar surface area (TPSA) is 61.7 Å². The van der Waals surface area contributed by atoms with E-state index in [9.17, 15) is 4.39 Å². The number of nitrogens with two attached hydrogens (primary N) is 1. The van der Waals surface area contributed by atoms with Crippen LogP contribution in [0.2, 0.25) is 0 Å². The lowest BCUT2D eigenvalue weighted by molar-refractivity contribution is 0.632. The summed E-state index contributed by atoms with van der Waals surface area (Å²) in [6, 6.07) is 0. The van der Waals surface area contributed by atoms with Crippen LogP contribution in [0, 0.1) is 5.82 Å². The van der Waals surface area contributed by atoms with Gasteiger partial charge in [0.05, 0.1) is 4.47 Å². The molecule has 0 radical (unpaired) electrons. The van der Waals surface area contributed by atoms with Crippen molar-refractivity contribution in [1.82, 2.24) is 19.6 Å². The van der Waals surface area contributed by atoms with E-state index in [1.807, 2.05) is 0 Å². The van der Waals surface area contributed by atoms with Crippen LogP contribution in [0.3, 0.4) is 0 Å². The van der Waals surface area contributed by atoms with Gasteiger partial charge in [-0.25, -0.2) is 9.07 Å². The first-order valence-corrected chi connectivity index (χ1v) is 4.97. The molecule has 15 heavy (non-hydrogen) atoms. The zero-order chi connectivity index (χ0) is 11.2. The van der Waals surface area contributed by atoms with E-state index in [1.54, 1.807) is 25.0 Å². The Kier molecular flexibility index (Phi) is 2.26. The second-order valence-electron chi connectivity index (χ2n) is 3.17. The van der Waals surface area contributed by atoms with Crippen molar-refractivity contribution in [3.05, 3.63) is 16.5 Å². The molecule has 0 saturated carbocycles. The number of nitrogens with zero attached hydrogens (tertiary/aromatic N) is 4. The second-order valence-corrected chi connectivity index (χ2v) is 4.03. The van der Waals surface area contributed by atoms with Crippen molar-refractivity contribution in [2.24, 2.45) is 14.1 Å². The number of halogens is 2. The molecule has 2 aromatic rings. The van der Waals surface area contributed by atoms with Crippen molar-refractivity contribution in [2.45, 2.75) is 0 Å². The Hall–Kier alpha value is -1.37. The lowest BCUT2D eigenvalue weighted by Crippen LogP contribution is -1.97. The number of aryl methyl sites for hydroxylation is 2. The van der Waals surface area contributed by atoms with Gasteiger partial charge in [0, 0.05) is 20.3 Å². The molecule has 2 heterocycles. The van der Waals surface area contributed by atoms with Crippen LogP contribution in [0.5, 0.6) is 0 Å². The van der Waals surface area contributed by atoms with Gasteiger partial charge in [0.15, 0.2) is 17.3 Å². The van der Waals surface area contributed by atoms with E-state index in [2.05, 4.69) is 26.1 Å². The van der Waals surface area contributed by atoms with Crippen molar-refractivity contribution < 1.29 is 4.39 Å². The minimum atomic E-state index is -0.545. The third-order valence-electron chi connectivity index (χ3n) is 2.04. The van der Waals surface area contributed by atoms with Crippen LogP contribution in [0.1, 0.15) is 0 Å². The summed E-state index contributed by atoms with van der Waals surface area (Å²) in [6.07, 6.45) is 1.72. The molecule has 80 valence electrons. The van der Waals surface area contributed by atoms with Gasteiger partial charge in [-0.1, -0.05) is 0 Å². The van der Waals surface area contributed by atoms with E-state index in [4.69, 9.17) is 5.73 Å². The maximum absolute atomic E-state index is 13.6. The number of hydrogen-bond donors (Lipinski definition) is 1. The molecule has 0 amide bonds. The lowest BCUT2D eigenvalue weighted by Gasteiger charge is -1.90.